The van der Waals surface area contributed by atoms with Crippen molar-refractivity contribution < 1.29 is 4.79 Å². The highest BCUT2D eigenvalue weighted by atomic mass is 16.2. The molecule has 1 amide bonds. The molecule has 1 aliphatic heterocycles. The number of aromatic nitrogens is 1. The average Bonchev–Trinajstić information content (AvgIpc) is 2.33. The lowest BCUT2D eigenvalue weighted by atomic mass is 10.3. The van der Waals surface area contributed by atoms with Gasteiger partial charge in [0, 0.05) is 19.3 Å². The molecule has 2 N–H and O–H groups in total. The van der Waals surface area contributed by atoms with Gasteiger partial charge < -0.3 is 10.6 Å². The molecule has 0 unspecified atom stereocenters. The van der Waals surface area contributed by atoms with Crippen molar-refractivity contribution in [3.63, 3.8) is 0 Å². The number of pyridine rings is 1. The maximum Gasteiger partial charge on any atom is 0.291 e. The first-order valence-electron chi connectivity index (χ1n) is 5.28. The molecule has 5 nitrogen and oxygen atoms in total. The van der Waals surface area contributed by atoms with Crippen molar-refractivity contribution in [2.24, 2.45) is 4.99 Å². The molecule has 2 rings (SSSR count). The fraction of sp³-hybridized carbons (Fsp3) is 0.364. The van der Waals surface area contributed by atoms with E-state index in [0.29, 0.717) is 18.2 Å². The summed E-state index contributed by atoms with van der Waals surface area (Å²) in [7, 11) is 0. The van der Waals surface area contributed by atoms with Crippen LogP contribution in [0, 0.1) is 6.92 Å². The summed E-state index contributed by atoms with van der Waals surface area (Å²) >= 11 is 0. The number of rotatable bonds is 2. The quantitative estimate of drug-likeness (QED) is 0.768. The molecule has 84 valence electrons. The maximum atomic E-state index is 11.8. The van der Waals surface area contributed by atoms with Crippen molar-refractivity contribution >= 4 is 17.6 Å². The molecule has 16 heavy (non-hydrogen) atoms. The van der Waals surface area contributed by atoms with Gasteiger partial charge >= 0.3 is 0 Å². The van der Waals surface area contributed by atoms with Gasteiger partial charge in [-0.2, -0.15) is 0 Å². The Bertz CT molecular complexity index is 428. The number of carbonyl (C=O) groups excluding carboxylic acids is 1. The predicted octanol–water partition coefficient (Wildman–Crippen LogP) is 0.720. The van der Waals surface area contributed by atoms with Crippen LogP contribution in [0.3, 0.4) is 0 Å². The van der Waals surface area contributed by atoms with Crippen LogP contribution in [0.2, 0.25) is 0 Å². The SMILES string of the molecule is Cc1cccnc1NC(=O)C1=NCCCN1. The minimum atomic E-state index is -0.221. The van der Waals surface area contributed by atoms with Crippen LogP contribution in [0.1, 0.15) is 12.0 Å². The Labute approximate surface area is 94.0 Å². The van der Waals surface area contributed by atoms with Crippen LogP contribution in [-0.4, -0.2) is 29.8 Å². The number of amidine groups is 1. The highest BCUT2D eigenvalue weighted by Crippen LogP contribution is 2.08. The average molecular weight is 218 g/mol. The van der Waals surface area contributed by atoms with Crippen LogP contribution in [0.15, 0.2) is 23.3 Å². The van der Waals surface area contributed by atoms with Gasteiger partial charge in [-0.1, -0.05) is 6.07 Å². The molecule has 1 aromatic heterocycles. The minimum Gasteiger partial charge on any atom is -0.366 e. The van der Waals surface area contributed by atoms with Gasteiger partial charge in [0.2, 0.25) is 0 Å². The van der Waals surface area contributed by atoms with Crippen molar-refractivity contribution in [3.05, 3.63) is 23.9 Å². The van der Waals surface area contributed by atoms with E-state index in [2.05, 4.69) is 20.6 Å². The number of hydrogen-bond donors (Lipinski definition) is 2. The number of anilines is 1. The second kappa shape index (κ2) is 4.74. The summed E-state index contributed by atoms with van der Waals surface area (Å²) in [6.07, 6.45) is 2.62. The van der Waals surface area contributed by atoms with E-state index in [0.717, 1.165) is 18.5 Å². The number of nitrogens with one attached hydrogen (secondary N) is 2. The molecule has 1 aliphatic rings. The minimum absolute atomic E-state index is 0.221. The van der Waals surface area contributed by atoms with E-state index in [1.807, 2.05) is 19.1 Å². The largest absolute Gasteiger partial charge is 0.366 e. The van der Waals surface area contributed by atoms with Crippen molar-refractivity contribution in [2.45, 2.75) is 13.3 Å². The topological polar surface area (TPSA) is 66.4 Å². The molecule has 2 heterocycles. The van der Waals surface area contributed by atoms with E-state index in [-0.39, 0.29) is 5.91 Å². The Balaban J connectivity index is 2.07. The van der Waals surface area contributed by atoms with Crippen molar-refractivity contribution in [1.29, 1.82) is 0 Å². The van der Waals surface area contributed by atoms with Gasteiger partial charge in [-0.05, 0) is 25.0 Å². The molecule has 0 saturated carbocycles. The van der Waals surface area contributed by atoms with Crippen LogP contribution in [0.25, 0.3) is 0 Å². The van der Waals surface area contributed by atoms with Gasteiger partial charge in [0.15, 0.2) is 5.84 Å². The molecular formula is C11H14N4O. The fourth-order valence-electron chi connectivity index (χ4n) is 1.47. The van der Waals surface area contributed by atoms with Crippen molar-refractivity contribution in [2.75, 3.05) is 18.4 Å². The Morgan fingerprint density at radius 2 is 2.44 bits per heavy atom. The molecule has 0 aromatic carbocycles. The first-order valence-corrected chi connectivity index (χ1v) is 5.28. The van der Waals surface area contributed by atoms with Gasteiger partial charge in [0.25, 0.3) is 5.91 Å². The maximum absolute atomic E-state index is 11.8. The molecule has 0 fully saturated rings. The van der Waals surface area contributed by atoms with Gasteiger partial charge in [0.1, 0.15) is 5.82 Å². The molecule has 0 aliphatic carbocycles. The van der Waals surface area contributed by atoms with E-state index in [1.54, 1.807) is 6.20 Å². The third kappa shape index (κ3) is 2.36. The van der Waals surface area contributed by atoms with Gasteiger partial charge in [-0.15, -0.1) is 0 Å². The monoisotopic (exact) mass is 218 g/mol. The number of hydrogen-bond acceptors (Lipinski definition) is 4. The smallest absolute Gasteiger partial charge is 0.291 e. The lowest BCUT2D eigenvalue weighted by Crippen LogP contribution is -2.39. The molecule has 5 heteroatoms. The number of aliphatic imine (C=N–C) groups is 1. The van der Waals surface area contributed by atoms with E-state index < -0.39 is 0 Å². The van der Waals surface area contributed by atoms with Crippen molar-refractivity contribution in [3.8, 4) is 0 Å². The Hall–Kier alpha value is -1.91. The molecule has 0 saturated heterocycles. The number of amides is 1. The molecule has 1 aromatic rings. The highest BCUT2D eigenvalue weighted by molar-refractivity contribution is 6.42. The molecule has 0 bridgehead atoms. The number of nitrogens with zero attached hydrogens (tertiary/aromatic N) is 2. The summed E-state index contributed by atoms with van der Waals surface area (Å²) in [6.45, 7) is 3.41. The standard InChI is InChI=1S/C11H14N4O/c1-8-4-2-5-12-9(8)15-11(16)10-13-6-3-7-14-10/h2,4-5H,3,6-7H2,1H3,(H,13,14)(H,12,15,16). The van der Waals surface area contributed by atoms with Gasteiger partial charge in [-0.3, -0.25) is 9.79 Å². The highest BCUT2D eigenvalue weighted by Gasteiger charge is 2.14. The summed E-state index contributed by atoms with van der Waals surface area (Å²) < 4.78 is 0. The van der Waals surface area contributed by atoms with Crippen LogP contribution >= 0.6 is 0 Å². The summed E-state index contributed by atoms with van der Waals surface area (Å²) in [4.78, 5) is 20.0. The first kappa shape index (κ1) is 10.6. The summed E-state index contributed by atoms with van der Waals surface area (Å²) in [5.41, 5.74) is 0.937. The normalized spacial score (nSPS) is 14.9. The third-order valence-corrected chi connectivity index (χ3v) is 2.35. The Morgan fingerprint density at radius 1 is 1.56 bits per heavy atom. The molecule has 0 atom stereocenters. The summed E-state index contributed by atoms with van der Waals surface area (Å²) in [6, 6.07) is 3.74. The molecular weight excluding hydrogens is 204 g/mol. The van der Waals surface area contributed by atoms with Crippen LogP contribution < -0.4 is 10.6 Å². The zero-order chi connectivity index (χ0) is 11.4. The van der Waals surface area contributed by atoms with Gasteiger partial charge in [-0.25, -0.2) is 4.98 Å². The van der Waals surface area contributed by atoms with E-state index in [1.165, 1.54) is 0 Å². The molecule has 0 spiro atoms. The summed E-state index contributed by atoms with van der Waals surface area (Å²) in [5, 5.41) is 5.71. The lowest BCUT2D eigenvalue weighted by Gasteiger charge is -2.14. The van der Waals surface area contributed by atoms with Crippen LogP contribution in [0.4, 0.5) is 5.82 Å². The Kier molecular flexibility index (Phi) is 3.14. The summed E-state index contributed by atoms with van der Waals surface area (Å²) in [5.74, 6) is 0.764. The second-order valence-electron chi connectivity index (χ2n) is 3.63. The lowest BCUT2D eigenvalue weighted by molar-refractivity contribution is -0.110. The zero-order valence-electron chi connectivity index (χ0n) is 9.16. The van der Waals surface area contributed by atoms with Crippen LogP contribution in [-0.2, 0) is 4.79 Å². The second-order valence-corrected chi connectivity index (χ2v) is 3.63. The van der Waals surface area contributed by atoms with Crippen LogP contribution in [0.5, 0.6) is 0 Å². The zero-order valence-corrected chi connectivity index (χ0v) is 9.16. The number of carbonyl (C=O) groups is 1. The van der Waals surface area contributed by atoms with E-state index >= 15 is 0 Å². The third-order valence-electron chi connectivity index (χ3n) is 2.35. The number of aryl methyl sites for hydroxylation is 1. The first-order chi connectivity index (χ1) is 7.77. The Morgan fingerprint density at radius 3 is 3.12 bits per heavy atom. The fourth-order valence-corrected chi connectivity index (χ4v) is 1.47. The van der Waals surface area contributed by atoms with Crippen molar-refractivity contribution in [1.82, 2.24) is 10.3 Å². The van der Waals surface area contributed by atoms with Gasteiger partial charge in [0.05, 0.1) is 0 Å². The molecule has 0 radical (unpaired) electrons. The van der Waals surface area contributed by atoms with E-state index in [4.69, 9.17) is 0 Å². The van der Waals surface area contributed by atoms with E-state index in [9.17, 15) is 4.79 Å². The predicted molar refractivity (Wildman–Crippen MR) is 62.5 cm³/mol.